The molecule has 2 N–H and O–H groups in total. The number of rotatable bonds is 3. The van der Waals surface area contributed by atoms with Crippen LogP contribution >= 0.6 is 0 Å². The van der Waals surface area contributed by atoms with Crippen LogP contribution in [0.3, 0.4) is 0 Å². The van der Waals surface area contributed by atoms with Crippen LogP contribution in [0, 0.1) is 23.2 Å². The summed E-state index contributed by atoms with van der Waals surface area (Å²) in [4.78, 5) is 13.0. The summed E-state index contributed by atoms with van der Waals surface area (Å²) in [5.41, 5.74) is 1.53. The average Bonchev–Trinajstić information content (AvgIpc) is 2.88. The van der Waals surface area contributed by atoms with E-state index in [0.717, 1.165) is 37.0 Å². The van der Waals surface area contributed by atoms with Gasteiger partial charge in [0, 0.05) is 24.8 Å². The van der Waals surface area contributed by atoms with Crippen LogP contribution in [-0.4, -0.2) is 23.2 Å². The maximum atomic E-state index is 13.0. The Bertz CT molecular complexity index is 620. The number of hydrogen-bond acceptors (Lipinski definition) is 2. The van der Waals surface area contributed by atoms with E-state index in [-0.39, 0.29) is 11.3 Å². The first kappa shape index (κ1) is 14.9. The average molecular weight is 325 g/mol. The number of aliphatic hydroxyl groups is 1. The summed E-state index contributed by atoms with van der Waals surface area (Å²) in [7, 11) is 0. The second-order valence-corrected chi connectivity index (χ2v) is 9.23. The molecule has 6 rings (SSSR count). The predicted molar refractivity (Wildman–Crippen MR) is 92.4 cm³/mol. The number of amides is 1. The summed E-state index contributed by atoms with van der Waals surface area (Å²) in [5, 5.41) is 14.1. The lowest BCUT2D eigenvalue weighted by molar-refractivity contribution is -0.147. The molecule has 4 bridgehead atoms. The van der Waals surface area contributed by atoms with Crippen molar-refractivity contribution in [2.24, 2.45) is 23.2 Å². The Kier molecular flexibility index (Phi) is 3.16. The first-order valence-corrected chi connectivity index (χ1v) is 9.61. The molecule has 0 saturated heterocycles. The lowest BCUT2D eigenvalue weighted by Crippen LogP contribution is -2.55. The Hall–Kier alpha value is -1.35. The van der Waals surface area contributed by atoms with Crippen LogP contribution in [-0.2, 0) is 17.6 Å². The van der Waals surface area contributed by atoms with Gasteiger partial charge in [0.1, 0.15) is 0 Å². The van der Waals surface area contributed by atoms with E-state index in [1.807, 2.05) is 12.1 Å². The van der Waals surface area contributed by atoms with E-state index in [2.05, 4.69) is 17.4 Å². The molecule has 4 fully saturated rings. The van der Waals surface area contributed by atoms with Crippen molar-refractivity contribution in [1.29, 1.82) is 0 Å². The molecule has 3 heteroatoms. The number of nitrogens with one attached hydrogen (secondary N) is 1. The van der Waals surface area contributed by atoms with Gasteiger partial charge >= 0.3 is 0 Å². The largest absolute Gasteiger partial charge is 0.387 e. The van der Waals surface area contributed by atoms with E-state index >= 15 is 0 Å². The van der Waals surface area contributed by atoms with Gasteiger partial charge in [0.2, 0.25) is 5.91 Å². The van der Waals surface area contributed by atoms with Gasteiger partial charge in [-0.25, -0.2) is 0 Å². The summed E-state index contributed by atoms with van der Waals surface area (Å²) in [6.45, 7) is 0.391. The summed E-state index contributed by atoms with van der Waals surface area (Å²) < 4.78 is 0. The standard InChI is InChI=1S/C21H27NO2/c23-19(20-8-14-5-15(9-20)7-16(6-14)10-20)22-13-21(24)11-17-3-1-2-4-18(17)12-21/h1-4,14-16,24H,5-13H2,(H,22,23). The third kappa shape index (κ3) is 2.32. The monoisotopic (exact) mass is 325 g/mol. The first-order chi connectivity index (χ1) is 11.5. The molecule has 24 heavy (non-hydrogen) atoms. The fraction of sp³-hybridized carbons (Fsp3) is 0.667. The fourth-order valence-corrected chi connectivity index (χ4v) is 6.62. The molecule has 4 saturated carbocycles. The van der Waals surface area contributed by atoms with E-state index in [0.29, 0.717) is 19.4 Å². The quantitative estimate of drug-likeness (QED) is 0.898. The Labute approximate surface area is 143 Å². The number of carbonyl (C=O) groups excluding carboxylic acids is 1. The van der Waals surface area contributed by atoms with E-state index in [1.54, 1.807) is 0 Å². The third-order valence-corrected chi connectivity index (χ3v) is 7.26. The summed E-state index contributed by atoms with van der Waals surface area (Å²) in [5.74, 6) is 2.56. The highest BCUT2D eigenvalue weighted by Crippen LogP contribution is 2.60. The lowest BCUT2D eigenvalue weighted by atomic mass is 9.49. The van der Waals surface area contributed by atoms with Crippen LogP contribution in [0.25, 0.3) is 0 Å². The minimum absolute atomic E-state index is 0.115. The van der Waals surface area contributed by atoms with Gasteiger partial charge in [-0.3, -0.25) is 4.79 Å². The van der Waals surface area contributed by atoms with Gasteiger partial charge in [-0.15, -0.1) is 0 Å². The zero-order valence-electron chi connectivity index (χ0n) is 14.3. The van der Waals surface area contributed by atoms with Crippen molar-refractivity contribution < 1.29 is 9.90 Å². The Balaban J connectivity index is 1.27. The molecule has 1 aromatic rings. The topological polar surface area (TPSA) is 49.3 Å². The predicted octanol–water partition coefficient (Wildman–Crippen LogP) is 2.85. The first-order valence-electron chi connectivity index (χ1n) is 9.61. The van der Waals surface area contributed by atoms with Crippen LogP contribution < -0.4 is 5.32 Å². The van der Waals surface area contributed by atoms with Gasteiger partial charge in [-0.2, -0.15) is 0 Å². The summed E-state index contributed by atoms with van der Waals surface area (Å²) in [6.07, 6.45) is 8.63. The van der Waals surface area contributed by atoms with Crippen molar-refractivity contribution in [3.8, 4) is 0 Å². The number of carbonyl (C=O) groups is 1. The van der Waals surface area contributed by atoms with E-state index < -0.39 is 5.60 Å². The molecule has 0 unspecified atom stereocenters. The molecule has 0 spiro atoms. The zero-order chi connectivity index (χ0) is 16.4. The lowest BCUT2D eigenvalue weighted by Gasteiger charge is -2.55. The van der Waals surface area contributed by atoms with Gasteiger partial charge in [0.05, 0.1) is 5.60 Å². The summed E-state index contributed by atoms with van der Waals surface area (Å²) >= 11 is 0. The Morgan fingerprint density at radius 3 is 2.00 bits per heavy atom. The van der Waals surface area contributed by atoms with E-state index in [9.17, 15) is 9.90 Å². The number of fused-ring (bicyclic) bond motifs is 1. The van der Waals surface area contributed by atoms with Gasteiger partial charge < -0.3 is 10.4 Å². The maximum absolute atomic E-state index is 13.0. The second-order valence-electron chi connectivity index (χ2n) is 9.23. The minimum Gasteiger partial charge on any atom is -0.387 e. The maximum Gasteiger partial charge on any atom is 0.226 e. The van der Waals surface area contributed by atoms with Crippen molar-refractivity contribution in [2.45, 2.75) is 57.0 Å². The fourth-order valence-electron chi connectivity index (χ4n) is 6.62. The van der Waals surface area contributed by atoms with Gasteiger partial charge in [-0.1, -0.05) is 24.3 Å². The third-order valence-electron chi connectivity index (χ3n) is 7.26. The smallest absolute Gasteiger partial charge is 0.226 e. The van der Waals surface area contributed by atoms with Gasteiger partial charge in [-0.05, 0) is 67.4 Å². The van der Waals surface area contributed by atoms with Crippen molar-refractivity contribution in [2.75, 3.05) is 6.54 Å². The van der Waals surface area contributed by atoms with Gasteiger partial charge in [0.25, 0.3) is 0 Å². The molecule has 1 amide bonds. The van der Waals surface area contributed by atoms with Crippen LogP contribution in [0.15, 0.2) is 24.3 Å². The Morgan fingerprint density at radius 2 is 1.50 bits per heavy atom. The van der Waals surface area contributed by atoms with Gasteiger partial charge in [0.15, 0.2) is 0 Å². The van der Waals surface area contributed by atoms with Crippen molar-refractivity contribution in [3.05, 3.63) is 35.4 Å². The van der Waals surface area contributed by atoms with Crippen molar-refractivity contribution in [3.63, 3.8) is 0 Å². The molecule has 0 aliphatic heterocycles. The minimum atomic E-state index is -0.804. The molecule has 3 nitrogen and oxygen atoms in total. The molecule has 128 valence electrons. The van der Waals surface area contributed by atoms with Crippen LogP contribution in [0.5, 0.6) is 0 Å². The molecule has 0 atom stereocenters. The molecule has 0 radical (unpaired) electrons. The second kappa shape index (κ2) is 5.08. The van der Waals surface area contributed by atoms with Crippen LogP contribution in [0.4, 0.5) is 0 Å². The normalized spacial score (nSPS) is 38.1. The molecule has 5 aliphatic rings. The number of hydrogen-bond donors (Lipinski definition) is 2. The van der Waals surface area contributed by atoms with Crippen molar-refractivity contribution >= 4 is 5.91 Å². The highest BCUT2D eigenvalue weighted by molar-refractivity contribution is 5.83. The highest BCUT2D eigenvalue weighted by atomic mass is 16.3. The molecule has 0 heterocycles. The van der Waals surface area contributed by atoms with E-state index in [4.69, 9.17) is 0 Å². The SMILES string of the molecule is O=C(NCC1(O)Cc2ccccc2C1)C12CC3CC(CC(C3)C1)C2. The molecule has 1 aromatic carbocycles. The molecule has 5 aliphatic carbocycles. The van der Waals surface area contributed by atoms with Crippen LogP contribution in [0.2, 0.25) is 0 Å². The molecular formula is C21H27NO2. The van der Waals surface area contributed by atoms with Crippen molar-refractivity contribution in [1.82, 2.24) is 5.32 Å². The summed E-state index contributed by atoms with van der Waals surface area (Å²) in [6, 6.07) is 8.24. The molecule has 0 aromatic heterocycles. The number of benzene rings is 1. The zero-order valence-corrected chi connectivity index (χ0v) is 14.3. The highest BCUT2D eigenvalue weighted by Gasteiger charge is 2.54. The Morgan fingerprint density at radius 1 is 1.00 bits per heavy atom. The molecular weight excluding hydrogens is 298 g/mol. The van der Waals surface area contributed by atoms with E-state index in [1.165, 1.54) is 30.4 Å². The van der Waals surface area contributed by atoms with Crippen LogP contribution in [0.1, 0.15) is 49.7 Å².